The van der Waals surface area contributed by atoms with Gasteiger partial charge in [0.25, 0.3) is 0 Å². The topological polar surface area (TPSA) is 73.1 Å². The lowest BCUT2D eigenvalue weighted by Crippen LogP contribution is -2.43. The first-order chi connectivity index (χ1) is 12.6. The van der Waals surface area contributed by atoms with E-state index < -0.39 is 8.32 Å². The number of benzene rings is 1. The van der Waals surface area contributed by atoms with E-state index in [-0.39, 0.29) is 11.1 Å². The highest BCUT2D eigenvalue weighted by molar-refractivity contribution is 7.98. The molecule has 0 amide bonds. The van der Waals surface area contributed by atoms with Crippen LogP contribution in [0.25, 0.3) is 0 Å². The average molecular weight is 405 g/mol. The second kappa shape index (κ2) is 9.08. The Morgan fingerprint density at radius 1 is 1.19 bits per heavy atom. The van der Waals surface area contributed by atoms with E-state index >= 15 is 0 Å². The Morgan fingerprint density at radius 3 is 2.48 bits per heavy atom. The number of hydrogen-bond acceptors (Lipinski definition) is 6. The van der Waals surface area contributed by atoms with Crippen LogP contribution in [-0.2, 0) is 10.2 Å². The molecule has 0 fully saturated rings. The first-order valence-corrected chi connectivity index (χ1v) is 13.2. The summed E-state index contributed by atoms with van der Waals surface area (Å²) in [5, 5.41) is 4.28. The first kappa shape index (κ1) is 21.7. The molecule has 0 bridgehead atoms. The summed E-state index contributed by atoms with van der Waals surface area (Å²) >= 11 is 1.58. The van der Waals surface area contributed by atoms with Crippen molar-refractivity contribution in [1.29, 1.82) is 0 Å². The summed E-state index contributed by atoms with van der Waals surface area (Å²) in [5.74, 6) is 2.03. The van der Waals surface area contributed by atoms with Crippen molar-refractivity contribution in [3.05, 3.63) is 42.0 Å². The second-order valence-corrected chi connectivity index (χ2v) is 14.1. The fourth-order valence-electron chi connectivity index (χ4n) is 2.15. The van der Waals surface area contributed by atoms with Crippen LogP contribution in [0.3, 0.4) is 0 Å². The summed E-state index contributed by atoms with van der Waals surface area (Å²) in [6.45, 7) is 14.0. The molecule has 0 saturated heterocycles. The molecule has 7 heteroatoms. The number of rotatable bonds is 8. The van der Waals surface area contributed by atoms with Crippen LogP contribution < -0.4 is 11.1 Å². The van der Waals surface area contributed by atoms with E-state index in [0.717, 1.165) is 11.6 Å². The van der Waals surface area contributed by atoms with Crippen molar-refractivity contribution < 1.29 is 4.43 Å². The number of anilines is 2. The summed E-state index contributed by atoms with van der Waals surface area (Å²) in [4.78, 5) is 8.94. The minimum absolute atomic E-state index is 0.139. The largest absolute Gasteiger partial charge is 0.415 e. The zero-order valence-electron chi connectivity index (χ0n) is 17.2. The molecule has 0 radical (unpaired) electrons. The third-order valence-electron chi connectivity index (χ3n) is 4.83. The highest BCUT2D eigenvalue weighted by Crippen LogP contribution is 2.36. The van der Waals surface area contributed by atoms with Gasteiger partial charge in [-0.1, -0.05) is 62.9 Å². The van der Waals surface area contributed by atoms with Crippen LogP contribution in [0, 0.1) is 0 Å². The van der Waals surface area contributed by atoms with Gasteiger partial charge in [0.2, 0.25) is 0 Å². The minimum atomic E-state index is -1.76. The van der Waals surface area contributed by atoms with Crippen molar-refractivity contribution in [2.24, 2.45) is 0 Å². The summed E-state index contributed by atoms with van der Waals surface area (Å²) < 4.78 is 6.29. The van der Waals surface area contributed by atoms with Crippen molar-refractivity contribution >= 4 is 31.7 Å². The monoisotopic (exact) mass is 404 g/mol. The van der Waals surface area contributed by atoms with E-state index in [4.69, 9.17) is 10.2 Å². The van der Waals surface area contributed by atoms with Gasteiger partial charge in [0, 0.05) is 17.9 Å². The number of nitrogens with zero attached hydrogens (tertiary/aromatic N) is 2. The van der Waals surface area contributed by atoms with Gasteiger partial charge in [0.05, 0.1) is 6.61 Å². The van der Waals surface area contributed by atoms with Crippen LogP contribution in [0.15, 0.2) is 41.6 Å². The van der Waals surface area contributed by atoms with E-state index in [1.807, 2.05) is 18.2 Å². The molecule has 0 saturated carbocycles. The maximum Gasteiger partial charge on any atom is 0.192 e. The predicted molar refractivity (Wildman–Crippen MR) is 119 cm³/mol. The minimum Gasteiger partial charge on any atom is -0.415 e. The molecule has 27 heavy (non-hydrogen) atoms. The molecule has 1 heterocycles. The Hall–Kier alpha value is -1.57. The van der Waals surface area contributed by atoms with Gasteiger partial charge in [-0.05, 0) is 30.6 Å². The van der Waals surface area contributed by atoms with E-state index in [1.165, 1.54) is 5.56 Å². The Labute approximate surface area is 168 Å². The van der Waals surface area contributed by atoms with E-state index in [9.17, 15) is 0 Å². The highest BCUT2D eigenvalue weighted by atomic mass is 32.2. The zero-order chi connectivity index (χ0) is 20.1. The highest BCUT2D eigenvalue weighted by Gasteiger charge is 2.37. The summed E-state index contributed by atoms with van der Waals surface area (Å²) in [6.07, 6.45) is 0. The van der Waals surface area contributed by atoms with Crippen LogP contribution in [0.4, 0.5) is 11.6 Å². The maximum atomic E-state index is 6.29. The molecule has 0 spiro atoms. The van der Waals surface area contributed by atoms with Gasteiger partial charge in [0.1, 0.15) is 11.6 Å². The lowest BCUT2D eigenvalue weighted by Gasteiger charge is -2.37. The third-order valence-corrected chi connectivity index (χ3v) is 10.3. The molecule has 2 aromatic rings. The van der Waals surface area contributed by atoms with Crippen LogP contribution in [0.2, 0.25) is 18.1 Å². The molecular weight excluding hydrogens is 372 g/mol. The molecule has 0 aliphatic heterocycles. The van der Waals surface area contributed by atoms with Crippen molar-refractivity contribution in [3.63, 3.8) is 0 Å². The van der Waals surface area contributed by atoms with Gasteiger partial charge in [-0.15, -0.1) is 0 Å². The van der Waals surface area contributed by atoms with Crippen molar-refractivity contribution in [2.75, 3.05) is 17.7 Å². The number of hydrogen-bond donors (Lipinski definition) is 2. The van der Waals surface area contributed by atoms with Gasteiger partial charge < -0.3 is 15.5 Å². The predicted octanol–water partition coefficient (Wildman–Crippen LogP) is 5.17. The molecule has 3 N–H and O–H groups in total. The Balaban J connectivity index is 1.95. The lowest BCUT2D eigenvalue weighted by atomic mass is 10.2. The third kappa shape index (κ3) is 6.83. The number of nitrogen functional groups attached to an aromatic ring is 1. The zero-order valence-corrected chi connectivity index (χ0v) is 19.1. The normalized spacial score (nSPS) is 13.4. The number of nitrogens with one attached hydrogen (secondary N) is 1. The smallest absolute Gasteiger partial charge is 0.192 e. The van der Waals surface area contributed by atoms with Crippen LogP contribution in [0.5, 0.6) is 0 Å². The van der Waals surface area contributed by atoms with E-state index in [0.29, 0.717) is 17.6 Å². The Bertz CT molecular complexity index is 735. The fourth-order valence-corrected chi connectivity index (χ4v) is 4.07. The van der Waals surface area contributed by atoms with E-state index in [1.54, 1.807) is 17.8 Å². The standard InChI is InChI=1S/C20H32N4OSSi/c1-15(13-25-27(5,6)20(2,3)4)22-18-12-17(21)23-19(24-18)26-14-16-10-8-7-9-11-16/h7-12,15H,13-14H2,1-6H3,(H3,21,22,23,24). The van der Waals surface area contributed by atoms with Gasteiger partial charge in [-0.25, -0.2) is 9.97 Å². The van der Waals surface area contributed by atoms with Crippen molar-refractivity contribution in [2.45, 2.75) is 62.8 Å². The van der Waals surface area contributed by atoms with Gasteiger partial charge in [-0.3, -0.25) is 0 Å². The molecule has 1 aromatic carbocycles. The molecule has 2 rings (SSSR count). The molecule has 0 aliphatic carbocycles. The van der Waals surface area contributed by atoms with Crippen LogP contribution in [0.1, 0.15) is 33.3 Å². The number of aromatic nitrogens is 2. The Kier molecular flexibility index (Phi) is 7.30. The molecule has 1 atom stereocenters. The SMILES string of the molecule is CC(CO[Si](C)(C)C(C)(C)C)Nc1cc(N)nc(SCc2ccccc2)n1. The maximum absolute atomic E-state index is 6.29. The number of thioether (sulfide) groups is 1. The average Bonchev–Trinajstić information content (AvgIpc) is 2.58. The first-order valence-electron chi connectivity index (χ1n) is 9.28. The molecule has 0 aliphatic rings. The second-order valence-electron chi connectivity index (χ2n) is 8.35. The quantitative estimate of drug-likeness (QED) is 0.359. The molecule has 5 nitrogen and oxygen atoms in total. The Morgan fingerprint density at radius 2 is 1.85 bits per heavy atom. The fraction of sp³-hybridized carbons (Fsp3) is 0.500. The molecule has 148 valence electrons. The molecule has 1 unspecified atom stereocenters. The lowest BCUT2D eigenvalue weighted by molar-refractivity contribution is 0.276. The van der Waals surface area contributed by atoms with Gasteiger partial charge >= 0.3 is 0 Å². The van der Waals surface area contributed by atoms with Crippen LogP contribution in [-0.4, -0.2) is 30.9 Å². The summed E-state index contributed by atoms with van der Waals surface area (Å²) in [5.41, 5.74) is 7.21. The van der Waals surface area contributed by atoms with Crippen molar-refractivity contribution in [3.8, 4) is 0 Å². The van der Waals surface area contributed by atoms with Gasteiger partial charge in [-0.2, -0.15) is 0 Å². The number of nitrogens with two attached hydrogens (primary N) is 1. The van der Waals surface area contributed by atoms with Gasteiger partial charge in [0.15, 0.2) is 13.5 Å². The molecular formula is C20H32N4OSSi. The van der Waals surface area contributed by atoms with Crippen molar-refractivity contribution in [1.82, 2.24) is 9.97 Å². The van der Waals surface area contributed by atoms with E-state index in [2.05, 4.69) is 68.2 Å². The molecule has 1 aromatic heterocycles. The summed E-state index contributed by atoms with van der Waals surface area (Å²) in [7, 11) is -1.76. The summed E-state index contributed by atoms with van der Waals surface area (Å²) in [6, 6.07) is 12.2. The van der Waals surface area contributed by atoms with Crippen LogP contribution >= 0.6 is 11.8 Å².